The predicted molar refractivity (Wildman–Crippen MR) is 119 cm³/mol. The molecule has 0 N–H and O–H groups in total. The second-order valence-electron chi connectivity index (χ2n) is 8.72. The van der Waals surface area contributed by atoms with Gasteiger partial charge < -0.3 is 9.47 Å². The summed E-state index contributed by atoms with van der Waals surface area (Å²) in [5.41, 5.74) is 0. The van der Waals surface area contributed by atoms with Gasteiger partial charge in [0.15, 0.2) is 0 Å². The van der Waals surface area contributed by atoms with Gasteiger partial charge in [0, 0.05) is 0 Å². The molecule has 1 fully saturated rings. The summed E-state index contributed by atoms with van der Waals surface area (Å²) in [6.07, 6.45) is 19.0. The summed E-state index contributed by atoms with van der Waals surface area (Å²) in [7, 11) is 0. The Bertz CT molecular complexity index is 421. The molecule has 0 aromatic heterocycles. The molecular formula is C25H46O4. The van der Waals surface area contributed by atoms with Crippen molar-refractivity contribution in [3.05, 3.63) is 0 Å². The lowest BCUT2D eigenvalue weighted by atomic mass is 9.79. The first kappa shape index (κ1) is 26.0. The van der Waals surface area contributed by atoms with Gasteiger partial charge >= 0.3 is 11.9 Å². The van der Waals surface area contributed by atoms with E-state index in [1.54, 1.807) is 0 Å². The van der Waals surface area contributed by atoms with Gasteiger partial charge in [-0.2, -0.15) is 0 Å². The Morgan fingerprint density at radius 2 is 0.931 bits per heavy atom. The highest BCUT2D eigenvalue weighted by Crippen LogP contribution is 2.32. The minimum absolute atomic E-state index is 0.183. The molecule has 4 heteroatoms. The normalized spacial score (nSPS) is 19.1. The quantitative estimate of drug-likeness (QED) is 0.191. The van der Waals surface area contributed by atoms with Crippen molar-refractivity contribution in [2.24, 2.45) is 11.8 Å². The van der Waals surface area contributed by atoms with E-state index in [0.717, 1.165) is 51.4 Å². The van der Waals surface area contributed by atoms with E-state index in [2.05, 4.69) is 13.8 Å². The molecule has 2 atom stereocenters. The van der Waals surface area contributed by atoms with E-state index in [0.29, 0.717) is 13.2 Å². The van der Waals surface area contributed by atoms with Crippen LogP contribution in [0.5, 0.6) is 0 Å². The molecule has 0 aliphatic heterocycles. The zero-order chi connectivity index (χ0) is 21.2. The van der Waals surface area contributed by atoms with Gasteiger partial charge in [-0.15, -0.1) is 0 Å². The van der Waals surface area contributed by atoms with E-state index in [-0.39, 0.29) is 23.8 Å². The average molecular weight is 411 g/mol. The molecule has 0 spiro atoms. The van der Waals surface area contributed by atoms with Crippen LogP contribution in [0.25, 0.3) is 0 Å². The zero-order valence-corrected chi connectivity index (χ0v) is 19.2. The fourth-order valence-corrected chi connectivity index (χ4v) is 4.20. The Labute approximate surface area is 179 Å². The van der Waals surface area contributed by atoms with Crippen LogP contribution in [0.3, 0.4) is 0 Å². The first-order valence-electron chi connectivity index (χ1n) is 12.5. The summed E-state index contributed by atoms with van der Waals surface area (Å²) in [5, 5.41) is 0. The van der Waals surface area contributed by atoms with E-state index >= 15 is 0 Å². The van der Waals surface area contributed by atoms with Crippen molar-refractivity contribution in [3.63, 3.8) is 0 Å². The van der Waals surface area contributed by atoms with Crippen LogP contribution in [-0.2, 0) is 19.1 Å². The van der Waals surface area contributed by atoms with E-state index in [1.807, 2.05) is 0 Å². The lowest BCUT2D eigenvalue weighted by Crippen LogP contribution is -2.35. The summed E-state index contributed by atoms with van der Waals surface area (Å²) in [5.74, 6) is -0.970. The number of hydrogen-bond acceptors (Lipinski definition) is 4. The van der Waals surface area contributed by atoms with Crippen LogP contribution in [-0.4, -0.2) is 25.2 Å². The third-order valence-electron chi connectivity index (χ3n) is 6.11. The molecule has 29 heavy (non-hydrogen) atoms. The third kappa shape index (κ3) is 12.3. The monoisotopic (exact) mass is 410 g/mol. The minimum atomic E-state index is -0.301. The fraction of sp³-hybridized carbons (Fsp3) is 0.920. The van der Waals surface area contributed by atoms with Crippen LogP contribution in [0, 0.1) is 11.8 Å². The van der Waals surface area contributed by atoms with Gasteiger partial charge in [0.2, 0.25) is 0 Å². The molecule has 4 nitrogen and oxygen atoms in total. The molecule has 1 aliphatic rings. The molecule has 0 bridgehead atoms. The molecule has 0 radical (unpaired) electrons. The summed E-state index contributed by atoms with van der Waals surface area (Å²) in [4.78, 5) is 25.0. The largest absolute Gasteiger partial charge is 0.465 e. The second kappa shape index (κ2) is 17.8. The van der Waals surface area contributed by atoms with Gasteiger partial charge in [-0.05, 0) is 25.7 Å². The van der Waals surface area contributed by atoms with E-state index in [1.165, 1.54) is 57.8 Å². The highest BCUT2D eigenvalue weighted by atomic mass is 16.5. The highest BCUT2D eigenvalue weighted by Gasteiger charge is 2.37. The van der Waals surface area contributed by atoms with E-state index in [9.17, 15) is 9.59 Å². The van der Waals surface area contributed by atoms with Crippen molar-refractivity contribution >= 4 is 11.9 Å². The van der Waals surface area contributed by atoms with Gasteiger partial charge in [0.05, 0.1) is 25.0 Å². The molecular weight excluding hydrogens is 364 g/mol. The smallest absolute Gasteiger partial charge is 0.309 e. The lowest BCUT2D eigenvalue weighted by Gasteiger charge is -2.28. The van der Waals surface area contributed by atoms with Gasteiger partial charge in [-0.1, -0.05) is 97.3 Å². The van der Waals surface area contributed by atoms with Crippen molar-refractivity contribution in [1.82, 2.24) is 0 Å². The number of ether oxygens (including phenoxy) is 2. The zero-order valence-electron chi connectivity index (χ0n) is 19.2. The Morgan fingerprint density at radius 3 is 1.31 bits per heavy atom. The van der Waals surface area contributed by atoms with Crippen molar-refractivity contribution in [2.45, 2.75) is 123 Å². The maximum Gasteiger partial charge on any atom is 0.309 e. The minimum Gasteiger partial charge on any atom is -0.465 e. The second-order valence-corrected chi connectivity index (χ2v) is 8.72. The molecule has 0 heterocycles. The average Bonchev–Trinajstić information content (AvgIpc) is 2.74. The molecule has 1 saturated carbocycles. The van der Waals surface area contributed by atoms with Gasteiger partial charge in [0.25, 0.3) is 0 Å². The summed E-state index contributed by atoms with van der Waals surface area (Å²) in [6, 6.07) is 0. The van der Waals surface area contributed by atoms with Crippen molar-refractivity contribution in [2.75, 3.05) is 13.2 Å². The fourth-order valence-electron chi connectivity index (χ4n) is 4.20. The van der Waals surface area contributed by atoms with Crippen LogP contribution >= 0.6 is 0 Å². The molecule has 0 saturated heterocycles. The molecule has 1 aliphatic carbocycles. The number of unbranched alkanes of at least 4 members (excludes halogenated alkanes) is 11. The van der Waals surface area contributed by atoms with Crippen molar-refractivity contribution in [1.29, 1.82) is 0 Å². The van der Waals surface area contributed by atoms with Crippen LogP contribution in [0.4, 0.5) is 0 Å². The Hall–Kier alpha value is -1.06. The van der Waals surface area contributed by atoms with E-state index in [4.69, 9.17) is 9.47 Å². The van der Waals surface area contributed by atoms with Crippen molar-refractivity contribution in [3.8, 4) is 0 Å². The number of hydrogen-bond donors (Lipinski definition) is 0. The van der Waals surface area contributed by atoms with E-state index < -0.39 is 0 Å². The van der Waals surface area contributed by atoms with Crippen LogP contribution < -0.4 is 0 Å². The Balaban J connectivity index is 2.19. The molecule has 1 rings (SSSR count). The summed E-state index contributed by atoms with van der Waals surface area (Å²) < 4.78 is 11.0. The lowest BCUT2D eigenvalue weighted by molar-refractivity contribution is -0.163. The summed E-state index contributed by atoms with van der Waals surface area (Å²) >= 11 is 0. The number of carbonyl (C=O) groups excluding carboxylic acids is 2. The Kier molecular flexibility index (Phi) is 15.9. The SMILES string of the molecule is CCCCCCCCCCOC(=O)C1CCCCC1C(=O)OCCCCCCC. The van der Waals surface area contributed by atoms with Crippen molar-refractivity contribution < 1.29 is 19.1 Å². The topological polar surface area (TPSA) is 52.6 Å². The van der Waals surface area contributed by atoms with Crippen LogP contribution in [0.15, 0.2) is 0 Å². The standard InChI is InChI=1S/C25H46O4/c1-3-5-7-9-10-11-13-17-21-29-25(27)23-19-15-14-18-22(23)24(26)28-20-16-12-8-6-4-2/h22-23H,3-21H2,1-2H3. The molecule has 2 unspecified atom stereocenters. The Morgan fingerprint density at radius 1 is 0.586 bits per heavy atom. The van der Waals surface area contributed by atoms with Gasteiger partial charge in [-0.3, -0.25) is 9.59 Å². The molecule has 0 aromatic carbocycles. The first-order chi connectivity index (χ1) is 14.2. The third-order valence-corrected chi connectivity index (χ3v) is 6.11. The number of esters is 2. The van der Waals surface area contributed by atoms with Gasteiger partial charge in [0.1, 0.15) is 0 Å². The maximum absolute atomic E-state index is 12.5. The summed E-state index contributed by atoms with van der Waals surface area (Å²) in [6.45, 7) is 5.40. The maximum atomic E-state index is 12.5. The number of carbonyl (C=O) groups is 2. The first-order valence-corrected chi connectivity index (χ1v) is 12.5. The van der Waals surface area contributed by atoms with Crippen LogP contribution in [0.1, 0.15) is 123 Å². The number of rotatable bonds is 17. The predicted octanol–water partition coefficient (Wildman–Crippen LogP) is 6.99. The van der Waals surface area contributed by atoms with Crippen LogP contribution in [0.2, 0.25) is 0 Å². The highest BCUT2D eigenvalue weighted by molar-refractivity contribution is 5.82. The molecule has 0 aromatic rings. The molecule has 0 amide bonds. The van der Waals surface area contributed by atoms with Gasteiger partial charge in [-0.25, -0.2) is 0 Å². The molecule has 170 valence electrons.